The highest BCUT2D eigenvalue weighted by Crippen LogP contribution is 2.20. The van der Waals surface area contributed by atoms with Crippen LogP contribution in [0, 0.1) is 0 Å². The van der Waals surface area contributed by atoms with Gasteiger partial charge in [0.25, 0.3) is 5.91 Å². The molecule has 0 saturated heterocycles. The van der Waals surface area contributed by atoms with Crippen LogP contribution in [0.4, 0.5) is 11.6 Å². The van der Waals surface area contributed by atoms with Crippen molar-refractivity contribution in [3.05, 3.63) is 65.7 Å². The molecule has 0 aliphatic heterocycles. The van der Waals surface area contributed by atoms with E-state index in [1.54, 1.807) is 6.07 Å². The molecule has 1 amide bonds. The Hall–Kier alpha value is -2.80. The Morgan fingerprint density at radius 2 is 2.00 bits per heavy atom. The van der Waals surface area contributed by atoms with Gasteiger partial charge in [0.1, 0.15) is 0 Å². The number of nitrogens with zero attached hydrogens (tertiary/aromatic N) is 2. The zero-order valence-corrected chi connectivity index (χ0v) is 13.0. The van der Waals surface area contributed by atoms with Crippen LogP contribution in [0.3, 0.4) is 0 Å². The summed E-state index contributed by atoms with van der Waals surface area (Å²) in [5, 5.41) is 10.0. The lowest BCUT2D eigenvalue weighted by atomic mass is 10.1. The number of nitrogen functional groups attached to an aromatic ring is 1. The standard InChI is InChI=1S/C16H15N5OS/c17-15-19-16(21-20-15)23-10-11-5-4-6-12(9-11)14(22)18-13-7-2-1-3-8-13/h1-9H,10H2,(H,18,22)(H3,17,19,20,21). The van der Waals surface area contributed by atoms with Crippen LogP contribution < -0.4 is 11.1 Å². The lowest BCUT2D eigenvalue weighted by Crippen LogP contribution is -2.11. The Kier molecular flexibility index (Phi) is 4.58. The SMILES string of the molecule is Nc1nc(SCc2cccc(C(=O)Nc3ccccc3)c2)n[nH]1. The first kappa shape index (κ1) is 15.1. The molecule has 0 aliphatic carbocycles. The van der Waals surface area contributed by atoms with Gasteiger partial charge in [-0.3, -0.25) is 4.79 Å². The summed E-state index contributed by atoms with van der Waals surface area (Å²) in [6, 6.07) is 16.8. The average molecular weight is 325 g/mol. The maximum atomic E-state index is 12.3. The van der Waals surface area contributed by atoms with Gasteiger partial charge in [0, 0.05) is 17.0 Å². The van der Waals surface area contributed by atoms with Crippen molar-refractivity contribution in [3.63, 3.8) is 0 Å². The molecule has 0 saturated carbocycles. The first-order valence-corrected chi connectivity index (χ1v) is 7.95. The summed E-state index contributed by atoms with van der Waals surface area (Å²) in [7, 11) is 0. The fourth-order valence-corrected chi connectivity index (χ4v) is 2.75. The van der Waals surface area contributed by atoms with Crippen LogP contribution in [-0.2, 0) is 5.75 Å². The number of rotatable bonds is 5. The zero-order chi connectivity index (χ0) is 16.1. The largest absolute Gasteiger partial charge is 0.368 e. The number of aromatic nitrogens is 3. The third-order valence-electron chi connectivity index (χ3n) is 3.07. The number of nitrogens with one attached hydrogen (secondary N) is 2. The quantitative estimate of drug-likeness (QED) is 0.627. The van der Waals surface area contributed by atoms with Gasteiger partial charge in [-0.25, -0.2) is 5.10 Å². The molecule has 116 valence electrons. The molecular formula is C16H15N5OS. The predicted molar refractivity (Wildman–Crippen MR) is 91.2 cm³/mol. The molecule has 1 heterocycles. The Balaban J connectivity index is 1.65. The number of anilines is 2. The molecule has 0 radical (unpaired) electrons. The molecule has 0 aliphatic rings. The van der Waals surface area contributed by atoms with Gasteiger partial charge in [0.15, 0.2) is 0 Å². The summed E-state index contributed by atoms with van der Waals surface area (Å²) >= 11 is 1.45. The van der Waals surface area contributed by atoms with Crippen LogP contribution in [0.5, 0.6) is 0 Å². The summed E-state index contributed by atoms with van der Waals surface area (Å²) in [6.45, 7) is 0. The van der Waals surface area contributed by atoms with Crippen LogP contribution >= 0.6 is 11.8 Å². The summed E-state index contributed by atoms with van der Waals surface area (Å²) in [4.78, 5) is 16.3. The lowest BCUT2D eigenvalue weighted by Gasteiger charge is -2.06. The van der Waals surface area contributed by atoms with Crippen molar-refractivity contribution < 1.29 is 4.79 Å². The molecule has 1 aromatic heterocycles. The minimum absolute atomic E-state index is 0.134. The number of amides is 1. The predicted octanol–water partition coefficient (Wildman–Crippen LogP) is 2.93. The minimum atomic E-state index is -0.134. The Bertz CT molecular complexity index is 803. The molecule has 4 N–H and O–H groups in total. The molecule has 0 bridgehead atoms. The number of carbonyl (C=O) groups excluding carboxylic acids is 1. The molecule has 3 aromatic rings. The normalized spacial score (nSPS) is 10.4. The zero-order valence-electron chi connectivity index (χ0n) is 12.2. The van der Waals surface area contributed by atoms with E-state index in [1.807, 2.05) is 48.5 Å². The van der Waals surface area contributed by atoms with E-state index in [2.05, 4.69) is 20.5 Å². The fraction of sp³-hybridized carbons (Fsp3) is 0.0625. The molecule has 23 heavy (non-hydrogen) atoms. The smallest absolute Gasteiger partial charge is 0.255 e. The number of hydrogen-bond acceptors (Lipinski definition) is 5. The summed E-state index contributed by atoms with van der Waals surface area (Å²) in [5.41, 5.74) is 7.89. The number of thioether (sulfide) groups is 1. The average Bonchev–Trinajstić information content (AvgIpc) is 3.00. The van der Waals surface area contributed by atoms with Crippen LogP contribution in [0.15, 0.2) is 59.8 Å². The van der Waals surface area contributed by atoms with Crippen LogP contribution in [0.1, 0.15) is 15.9 Å². The molecule has 0 atom stereocenters. The second-order valence-corrected chi connectivity index (χ2v) is 5.75. The second kappa shape index (κ2) is 6.97. The maximum Gasteiger partial charge on any atom is 0.255 e. The molecule has 0 fully saturated rings. The Morgan fingerprint density at radius 1 is 1.17 bits per heavy atom. The number of para-hydroxylation sites is 1. The van der Waals surface area contributed by atoms with E-state index in [0.717, 1.165) is 11.3 Å². The number of carbonyl (C=O) groups is 1. The molecule has 3 rings (SSSR count). The minimum Gasteiger partial charge on any atom is -0.368 e. The number of benzene rings is 2. The molecule has 0 unspecified atom stereocenters. The van der Waals surface area contributed by atoms with E-state index in [4.69, 9.17) is 5.73 Å². The van der Waals surface area contributed by atoms with Gasteiger partial charge in [-0.05, 0) is 29.8 Å². The van der Waals surface area contributed by atoms with Gasteiger partial charge >= 0.3 is 0 Å². The van der Waals surface area contributed by atoms with Crippen molar-refractivity contribution in [2.24, 2.45) is 0 Å². The van der Waals surface area contributed by atoms with Gasteiger partial charge in [-0.2, -0.15) is 4.98 Å². The third kappa shape index (κ3) is 4.10. The van der Waals surface area contributed by atoms with E-state index in [-0.39, 0.29) is 5.91 Å². The third-order valence-corrected chi connectivity index (χ3v) is 3.99. The number of H-pyrrole nitrogens is 1. The Morgan fingerprint density at radius 3 is 2.74 bits per heavy atom. The second-order valence-electron chi connectivity index (χ2n) is 4.81. The van der Waals surface area contributed by atoms with E-state index >= 15 is 0 Å². The summed E-state index contributed by atoms with van der Waals surface area (Å²) in [6.07, 6.45) is 0. The molecule has 0 spiro atoms. The summed E-state index contributed by atoms with van der Waals surface area (Å²) < 4.78 is 0. The number of aromatic amines is 1. The number of hydrogen-bond donors (Lipinski definition) is 3. The van der Waals surface area contributed by atoms with Crippen molar-refractivity contribution in [2.75, 3.05) is 11.1 Å². The monoisotopic (exact) mass is 325 g/mol. The molecule has 6 nitrogen and oxygen atoms in total. The van der Waals surface area contributed by atoms with E-state index in [9.17, 15) is 4.79 Å². The van der Waals surface area contributed by atoms with Crippen molar-refractivity contribution in [1.82, 2.24) is 15.2 Å². The molecule has 7 heteroatoms. The Labute approximate surface area is 137 Å². The highest BCUT2D eigenvalue weighted by molar-refractivity contribution is 7.98. The summed E-state index contributed by atoms with van der Waals surface area (Å²) in [5.74, 6) is 0.817. The first-order chi connectivity index (χ1) is 11.2. The maximum absolute atomic E-state index is 12.3. The van der Waals surface area contributed by atoms with Crippen molar-refractivity contribution in [3.8, 4) is 0 Å². The molecular weight excluding hydrogens is 310 g/mol. The highest BCUT2D eigenvalue weighted by Gasteiger charge is 2.08. The van der Waals surface area contributed by atoms with Gasteiger partial charge in [-0.1, -0.05) is 42.1 Å². The van der Waals surface area contributed by atoms with Crippen molar-refractivity contribution in [1.29, 1.82) is 0 Å². The fourth-order valence-electron chi connectivity index (χ4n) is 2.00. The van der Waals surface area contributed by atoms with Gasteiger partial charge in [-0.15, -0.1) is 5.10 Å². The van der Waals surface area contributed by atoms with Crippen molar-refractivity contribution in [2.45, 2.75) is 10.9 Å². The lowest BCUT2D eigenvalue weighted by molar-refractivity contribution is 0.102. The highest BCUT2D eigenvalue weighted by atomic mass is 32.2. The van der Waals surface area contributed by atoms with E-state index < -0.39 is 0 Å². The molecule has 2 aromatic carbocycles. The van der Waals surface area contributed by atoms with Crippen molar-refractivity contribution >= 4 is 29.3 Å². The van der Waals surface area contributed by atoms with E-state index in [0.29, 0.717) is 22.4 Å². The topological polar surface area (TPSA) is 96.7 Å². The van der Waals surface area contributed by atoms with Crippen LogP contribution in [-0.4, -0.2) is 21.1 Å². The number of nitrogens with two attached hydrogens (primary N) is 1. The van der Waals surface area contributed by atoms with Crippen LogP contribution in [0.25, 0.3) is 0 Å². The van der Waals surface area contributed by atoms with Gasteiger partial charge in [0.2, 0.25) is 11.1 Å². The first-order valence-electron chi connectivity index (χ1n) is 6.97. The van der Waals surface area contributed by atoms with Gasteiger partial charge < -0.3 is 11.1 Å². The van der Waals surface area contributed by atoms with Gasteiger partial charge in [0.05, 0.1) is 0 Å². The van der Waals surface area contributed by atoms with E-state index in [1.165, 1.54) is 11.8 Å². The van der Waals surface area contributed by atoms with Crippen LogP contribution in [0.2, 0.25) is 0 Å².